The zero-order chi connectivity index (χ0) is 14.2. The van der Waals surface area contributed by atoms with Crippen molar-refractivity contribution in [1.29, 1.82) is 0 Å². The lowest BCUT2D eigenvalue weighted by Gasteiger charge is -2.34. The van der Waals surface area contributed by atoms with E-state index in [2.05, 4.69) is 6.07 Å². The van der Waals surface area contributed by atoms with Crippen molar-refractivity contribution >= 4 is 0 Å². The van der Waals surface area contributed by atoms with Crippen molar-refractivity contribution in [2.45, 2.75) is 24.4 Å². The highest BCUT2D eigenvalue weighted by Crippen LogP contribution is 2.46. The fraction of sp³-hybridized carbons (Fsp3) is 0.294. The van der Waals surface area contributed by atoms with Crippen molar-refractivity contribution in [2.24, 2.45) is 5.73 Å². The molecule has 0 radical (unpaired) electrons. The van der Waals surface area contributed by atoms with E-state index in [1.807, 2.05) is 18.2 Å². The van der Waals surface area contributed by atoms with Crippen LogP contribution in [0.25, 0.3) is 0 Å². The van der Waals surface area contributed by atoms with Gasteiger partial charge in [-0.1, -0.05) is 36.4 Å². The molecule has 0 saturated carbocycles. The number of aliphatic hydroxyl groups excluding tert-OH is 1. The van der Waals surface area contributed by atoms with E-state index in [0.29, 0.717) is 12.1 Å². The minimum atomic E-state index is -0.785. The second kappa shape index (κ2) is 5.00. The third kappa shape index (κ3) is 1.94. The Labute approximate surface area is 118 Å². The van der Waals surface area contributed by atoms with Crippen LogP contribution < -0.4 is 5.73 Å². The summed E-state index contributed by atoms with van der Waals surface area (Å²) in [6.07, 6.45) is 0.909. The van der Waals surface area contributed by atoms with Crippen LogP contribution in [0.15, 0.2) is 48.5 Å². The Kier molecular flexibility index (Phi) is 3.32. The van der Waals surface area contributed by atoms with Gasteiger partial charge in [-0.3, -0.25) is 0 Å². The molecule has 0 spiro atoms. The van der Waals surface area contributed by atoms with E-state index < -0.39 is 11.5 Å². The van der Waals surface area contributed by atoms with Crippen LogP contribution in [0.3, 0.4) is 0 Å². The number of fused-ring (bicyclic) bond motifs is 1. The number of aryl methyl sites for hydroxylation is 1. The quantitative estimate of drug-likeness (QED) is 0.901. The fourth-order valence-electron chi connectivity index (χ4n) is 3.32. The first-order valence-electron chi connectivity index (χ1n) is 6.89. The Hall–Kier alpha value is -1.71. The Morgan fingerprint density at radius 3 is 2.75 bits per heavy atom. The molecule has 3 rings (SSSR count). The molecule has 0 fully saturated rings. The molecule has 0 aliphatic heterocycles. The topological polar surface area (TPSA) is 46.2 Å². The van der Waals surface area contributed by atoms with Gasteiger partial charge in [0, 0.05) is 12.0 Å². The summed E-state index contributed by atoms with van der Waals surface area (Å²) in [5.41, 5.74) is 8.41. The summed E-state index contributed by atoms with van der Waals surface area (Å²) in [5, 5.41) is 10.8. The summed E-state index contributed by atoms with van der Waals surface area (Å²) in [5.74, 6) is -0.333. The van der Waals surface area contributed by atoms with Gasteiger partial charge in [-0.15, -0.1) is 0 Å². The van der Waals surface area contributed by atoms with E-state index in [0.717, 1.165) is 18.4 Å². The summed E-state index contributed by atoms with van der Waals surface area (Å²) in [6, 6.07) is 14.2. The molecular formula is C17H18FNO. The summed E-state index contributed by atoms with van der Waals surface area (Å²) in [6.45, 7) is 0.349. The lowest BCUT2D eigenvalue weighted by Crippen LogP contribution is -2.39. The Balaban J connectivity index is 2.07. The van der Waals surface area contributed by atoms with Crippen molar-refractivity contribution in [3.05, 3.63) is 71.0 Å². The molecule has 0 amide bonds. The second-order valence-corrected chi connectivity index (χ2v) is 5.47. The maximum atomic E-state index is 13.4. The van der Waals surface area contributed by atoms with Gasteiger partial charge in [-0.2, -0.15) is 0 Å². The molecule has 2 aromatic carbocycles. The highest BCUT2D eigenvalue weighted by molar-refractivity contribution is 5.43. The molecule has 2 aromatic rings. The normalized spacial score (nSPS) is 22.6. The first-order valence-corrected chi connectivity index (χ1v) is 6.89. The van der Waals surface area contributed by atoms with Gasteiger partial charge in [-0.05, 0) is 41.7 Å². The van der Waals surface area contributed by atoms with Gasteiger partial charge in [-0.25, -0.2) is 4.39 Å². The van der Waals surface area contributed by atoms with Crippen LogP contribution in [0.4, 0.5) is 4.39 Å². The van der Waals surface area contributed by atoms with E-state index in [9.17, 15) is 9.50 Å². The maximum absolute atomic E-state index is 13.4. The highest BCUT2D eigenvalue weighted by atomic mass is 19.1. The average Bonchev–Trinajstić information content (AvgIpc) is 2.86. The van der Waals surface area contributed by atoms with Crippen LogP contribution in [-0.2, 0) is 11.8 Å². The molecule has 0 saturated heterocycles. The molecule has 2 unspecified atom stereocenters. The molecule has 20 heavy (non-hydrogen) atoms. The monoisotopic (exact) mass is 271 g/mol. The number of halogens is 1. The van der Waals surface area contributed by atoms with Crippen LogP contribution in [-0.4, -0.2) is 11.7 Å². The van der Waals surface area contributed by atoms with E-state index >= 15 is 0 Å². The third-order valence-electron chi connectivity index (χ3n) is 4.45. The van der Waals surface area contributed by atoms with Crippen molar-refractivity contribution in [3.63, 3.8) is 0 Å². The Morgan fingerprint density at radius 2 is 2.00 bits per heavy atom. The molecule has 0 aromatic heterocycles. The number of hydrogen-bond donors (Lipinski definition) is 2. The van der Waals surface area contributed by atoms with Crippen molar-refractivity contribution in [1.82, 2.24) is 0 Å². The van der Waals surface area contributed by atoms with E-state index in [1.165, 1.54) is 17.7 Å². The van der Waals surface area contributed by atoms with Gasteiger partial charge in [0.25, 0.3) is 0 Å². The lowest BCUT2D eigenvalue weighted by atomic mass is 9.74. The van der Waals surface area contributed by atoms with Crippen LogP contribution in [0.1, 0.15) is 29.2 Å². The van der Waals surface area contributed by atoms with E-state index in [-0.39, 0.29) is 5.82 Å². The summed E-state index contributed by atoms with van der Waals surface area (Å²) in [7, 11) is 0. The fourth-order valence-corrected chi connectivity index (χ4v) is 3.32. The average molecular weight is 271 g/mol. The molecule has 3 heteroatoms. The summed E-state index contributed by atoms with van der Waals surface area (Å²) < 4.78 is 13.4. The molecule has 0 heterocycles. The molecule has 1 aliphatic carbocycles. The Morgan fingerprint density at radius 1 is 1.20 bits per heavy atom. The van der Waals surface area contributed by atoms with Crippen LogP contribution in [0.2, 0.25) is 0 Å². The number of benzene rings is 2. The Bertz CT molecular complexity index is 628. The first-order chi connectivity index (χ1) is 9.67. The highest BCUT2D eigenvalue weighted by Gasteiger charge is 2.44. The van der Waals surface area contributed by atoms with Gasteiger partial charge in [0.05, 0.1) is 6.10 Å². The zero-order valence-corrected chi connectivity index (χ0v) is 11.2. The van der Waals surface area contributed by atoms with Gasteiger partial charge >= 0.3 is 0 Å². The molecule has 2 nitrogen and oxygen atoms in total. The first kappa shape index (κ1) is 13.3. The minimum Gasteiger partial charge on any atom is -0.387 e. The number of hydrogen-bond acceptors (Lipinski definition) is 2. The molecule has 0 bridgehead atoms. The zero-order valence-electron chi connectivity index (χ0n) is 11.2. The van der Waals surface area contributed by atoms with Crippen LogP contribution >= 0.6 is 0 Å². The standard InChI is InChI=1S/C17H18FNO/c18-14-6-3-5-13(10-14)16(20)17(11-19)9-8-12-4-1-2-7-15(12)17/h1-7,10,16,20H,8-9,11,19H2. The predicted molar refractivity (Wildman–Crippen MR) is 76.9 cm³/mol. The second-order valence-electron chi connectivity index (χ2n) is 5.47. The lowest BCUT2D eigenvalue weighted by molar-refractivity contribution is 0.0838. The largest absolute Gasteiger partial charge is 0.387 e. The van der Waals surface area contributed by atoms with Gasteiger partial charge in [0.1, 0.15) is 5.82 Å². The summed E-state index contributed by atoms with van der Waals surface area (Å²) in [4.78, 5) is 0. The maximum Gasteiger partial charge on any atom is 0.123 e. The predicted octanol–water partition coefficient (Wildman–Crippen LogP) is 2.70. The third-order valence-corrected chi connectivity index (χ3v) is 4.45. The smallest absolute Gasteiger partial charge is 0.123 e. The van der Waals surface area contributed by atoms with Crippen LogP contribution in [0, 0.1) is 5.82 Å². The van der Waals surface area contributed by atoms with Gasteiger partial charge in [0.15, 0.2) is 0 Å². The van der Waals surface area contributed by atoms with Crippen LogP contribution in [0.5, 0.6) is 0 Å². The molecule has 3 N–H and O–H groups in total. The number of rotatable bonds is 3. The van der Waals surface area contributed by atoms with Crippen molar-refractivity contribution < 1.29 is 9.50 Å². The molecule has 2 atom stereocenters. The van der Waals surface area contributed by atoms with E-state index in [4.69, 9.17) is 5.73 Å². The van der Waals surface area contributed by atoms with Gasteiger partial charge < -0.3 is 10.8 Å². The number of aliphatic hydroxyl groups is 1. The SMILES string of the molecule is NCC1(C(O)c2cccc(F)c2)CCc2ccccc21. The number of nitrogens with two attached hydrogens (primary N) is 1. The molecule has 1 aliphatic rings. The van der Waals surface area contributed by atoms with E-state index in [1.54, 1.807) is 12.1 Å². The van der Waals surface area contributed by atoms with Gasteiger partial charge in [0.2, 0.25) is 0 Å². The minimum absolute atomic E-state index is 0.333. The van der Waals surface area contributed by atoms with Crippen molar-refractivity contribution in [2.75, 3.05) is 6.54 Å². The molecular weight excluding hydrogens is 253 g/mol. The molecule has 104 valence electrons. The summed E-state index contributed by atoms with van der Waals surface area (Å²) >= 11 is 0. The van der Waals surface area contributed by atoms with Crippen molar-refractivity contribution in [3.8, 4) is 0 Å².